The molecule has 1 N–H and O–H groups in total. The van der Waals surface area contributed by atoms with Crippen LogP contribution < -0.4 is 0 Å². The number of hydrogen-bond acceptors (Lipinski definition) is 3. The van der Waals surface area contributed by atoms with Crippen LogP contribution in [0, 0.1) is 0 Å². The van der Waals surface area contributed by atoms with Gasteiger partial charge in [0.05, 0.1) is 0 Å². The maximum absolute atomic E-state index is 12.0. The summed E-state index contributed by atoms with van der Waals surface area (Å²) in [6, 6.07) is 0.348. The van der Waals surface area contributed by atoms with Gasteiger partial charge in [0, 0.05) is 50.8 Å². The molecule has 2 unspecified atom stereocenters. The number of piperidine rings is 1. The summed E-state index contributed by atoms with van der Waals surface area (Å²) in [7, 11) is 1.91. The summed E-state index contributed by atoms with van der Waals surface area (Å²) in [6.45, 7) is 1.90. The first-order valence-electron chi connectivity index (χ1n) is 7.06. The molecule has 3 heterocycles. The average Bonchev–Trinajstić information content (AvgIpc) is 2.92. The summed E-state index contributed by atoms with van der Waals surface area (Å²) in [4.78, 5) is 18.3. The van der Waals surface area contributed by atoms with Gasteiger partial charge in [0.2, 0.25) is 5.91 Å². The maximum Gasteiger partial charge on any atom is 0.222 e. The molecule has 2 saturated heterocycles. The lowest BCUT2D eigenvalue weighted by Crippen LogP contribution is -2.52. The maximum atomic E-state index is 12.0. The smallest absolute Gasteiger partial charge is 0.222 e. The number of carbonyl (C=O) groups excluding carboxylic acids is 1. The van der Waals surface area contributed by atoms with Crippen molar-refractivity contribution in [1.82, 2.24) is 14.5 Å². The van der Waals surface area contributed by atoms with Gasteiger partial charge in [-0.05, 0) is 12.8 Å². The highest BCUT2D eigenvalue weighted by atomic mass is 16.3. The number of imidazole rings is 1. The molecule has 0 radical (unpaired) electrons. The number of rotatable bonds is 2. The fourth-order valence-electron chi connectivity index (χ4n) is 3.81. The fourth-order valence-corrected chi connectivity index (χ4v) is 3.81. The van der Waals surface area contributed by atoms with Crippen LogP contribution in [0.1, 0.15) is 44.9 Å². The van der Waals surface area contributed by atoms with Crippen LogP contribution in [0.2, 0.25) is 0 Å². The van der Waals surface area contributed by atoms with E-state index >= 15 is 0 Å². The van der Waals surface area contributed by atoms with E-state index < -0.39 is 5.60 Å². The van der Waals surface area contributed by atoms with Crippen LogP contribution in [-0.4, -0.2) is 37.5 Å². The van der Waals surface area contributed by atoms with Gasteiger partial charge in [-0.3, -0.25) is 4.79 Å². The molecule has 0 saturated carbocycles. The molecule has 0 aromatic carbocycles. The van der Waals surface area contributed by atoms with Gasteiger partial charge in [0.1, 0.15) is 11.4 Å². The molecule has 1 aromatic heterocycles. The molecule has 0 spiro atoms. The van der Waals surface area contributed by atoms with Crippen molar-refractivity contribution in [3.05, 3.63) is 18.2 Å². The second kappa shape index (κ2) is 4.34. The van der Waals surface area contributed by atoms with Gasteiger partial charge in [-0.15, -0.1) is 0 Å². The van der Waals surface area contributed by atoms with Crippen LogP contribution in [-0.2, 0) is 17.4 Å². The Morgan fingerprint density at radius 1 is 1.47 bits per heavy atom. The fraction of sp³-hybridized carbons (Fsp3) is 0.714. The number of aromatic nitrogens is 2. The Kier molecular flexibility index (Phi) is 2.89. The van der Waals surface area contributed by atoms with Gasteiger partial charge in [-0.25, -0.2) is 4.98 Å². The third kappa shape index (κ3) is 1.87. The number of aliphatic hydroxyl groups is 1. The summed E-state index contributed by atoms with van der Waals surface area (Å²) in [5.74, 6) is 0.947. The van der Waals surface area contributed by atoms with Gasteiger partial charge < -0.3 is 14.6 Å². The van der Waals surface area contributed by atoms with Crippen molar-refractivity contribution in [3.8, 4) is 0 Å². The largest absolute Gasteiger partial charge is 0.382 e. The molecule has 2 bridgehead atoms. The highest BCUT2D eigenvalue weighted by molar-refractivity contribution is 5.77. The van der Waals surface area contributed by atoms with Crippen molar-refractivity contribution >= 4 is 5.91 Å². The van der Waals surface area contributed by atoms with E-state index in [0.717, 1.165) is 18.7 Å². The third-order valence-corrected chi connectivity index (χ3v) is 4.59. The molecular formula is C14H21N3O2. The number of hydrogen-bond donors (Lipinski definition) is 1. The first-order chi connectivity index (χ1) is 9.05. The summed E-state index contributed by atoms with van der Waals surface area (Å²) in [6.07, 6.45) is 7.36. The Morgan fingerprint density at radius 3 is 2.58 bits per heavy atom. The van der Waals surface area contributed by atoms with E-state index in [1.54, 1.807) is 6.20 Å². The molecule has 1 amide bonds. The van der Waals surface area contributed by atoms with Crippen LogP contribution in [0.15, 0.2) is 12.4 Å². The minimum Gasteiger partial charge on any atom is -0.382 e. The molecule has 5 nitrogen and oxygen atoms in total. The predicted molar refractivity (Wildman–Crippen MR) is 70.3 cm³/mol. The van der Waals surface area contributed by atoms with Crippen LogP contribution in [0.4, 0.5) is 0 Å². The zero-order valence-corrected chi connectivity index (χ0v) is 11.5. The van der Waals surface area contributed by atoms with Crippen molar-refractivity contribution in [2.75, 3.05) is 0 Å². The monoisotopic (exact) mass is 263 g/mol. The summed E-state index contributed by atoms with van der Waals surface area (Å²) < 4.78 is 1.89. The normalized spacial score (nSPS) is 33.7. The van der Waals surface area contributed by atoms with Crippen LogP contribution >= 0.6 is 0 Å². The third-order valence-electron chi connectivity index (χ3n) is 4.59. The predicted octanol–water partition coefficient (Wildman–Crippen LogP) is 1.17. The highest BCUT2D eigenvalue weighted by Crippen LogP contribution is 2.45. The van der Waals surface area contributed by atoms with E-state index in [1.807, 2.05) is 29.6 Å². The highest BCUT2D eigenvalue weighted by Gasteiger charge is 2.51. The Morgan fingerprint density at radius 2 is 2.11 bits per heavy atom. The molecule has 2 fully saturated rings. The SMILES string of the molecule is CCC(=O)N1C2CCC1CC(O)(c1nccn1C)C2. The Bertz CT molecular complexity index is 483. The molecule has 5 heteroatoms. The van der Waals surface area contributed by atoms with E-state index in [2.05, 4.69) is 4.98 Å². The van der Waals surface area contributed by atoms with E-state index in [1.165, 1.54) is 0 Å². The topological polar surface area (TPSA) is 58.4 Å². The first kappa shape index (κ1) is 12.7. The standard InChI is InChI=1S/C14H21N3O2/c1-3-12(18)17-10-4-5-11(17)9-14(19,8-10)13-15-6-7-16(13)2/h6-7,10-11,19H,3-5,8-9H2,1-2H3. The number of carbonyl (C=O) groups is 1. The van der Waals surface area contributed by atoms with Crippen LogP contribution in [0.5, 0.6) is 0 Å². The summed E-state index contributed by atoms with van der Waals surface area (Å²) in [5.41, 5.74) is -0.880. The number of nitrogens with zero attached hydrogens (tertiary/aromatic N) is 3. The van der Waals surface area contributed by atoms with Gasteiger partial charge >= 0.3 is 0 Å². The first-order valence-corrected chi connectivity index (χ1v) is 7.06. The number of aryl methyl sites for hydroxylation is 1. The Balaban J connectivity index is 1.88. The lowest BCUT2D eigenvalue weighted by atomic mass is 9.85. The minimum absolute atomic E-state index is 0.174. The van der Waals surface area contributed by atoms with E-state index in [-0.39, 0.29) is 18.0 Å². The van der Waals surface area contributed by atoms with Crippen molar-refractivity contribution in [3.63, 3.8) is 0 Å². The number of amides is 1. The Labute approximate surface area is 113 Å². The second-order valence-electron chi connectivity index (χ2n) is 5.84. The van der Waals surface area contributed by atoms with Gasteiger partial charge in [0.15, 0.2) is 0 Å². The van der Waals surface area contributed by atoms with Gasteiger partial charge in [-0.1, -0.05) is 6.92 Å². The van der Waals surface area contributed by atoms with Gasteiger partial charge in [-0.2, -0.15) is 0 Å². The molecule has 19 heavy (non-hydrogen) atoms. The lowest BCUT2D eigenvalue weighted by molar-refractivity contribution is -0.142. The molecule has 0 aliphatic carbocycles. The molecule has 3 rings (SSSR count). The number of fused-ring (bicyclic) bond motifs is 2. The molecule has 2 aliphatic heterocycles. The van der Waals surface area contributed by atoms with E-state index in [4.69, 9.17) is 0 Å². The molecule has 2 aliphatic rings. The quantitative estimate of drug-likeness (QED) is 0.871. The zero-order chi connectivity index (χ0) is 13.6. The lowest BCUT2D eigenvalue weighted by Gasteiger charge is -2.43. The average molecular weight is 263 g/mol. The van der Waals surface area contributed by atoms with E-state index in [9.17, 15) is 9.90 Å². The summed E-state index contributed by atoms with van der Waals surface area (Å²) in [5, 5.41) is 10.9. The van der Waals surface area contributed by atoms with Crippen molar-refractivity contribution < 1.29 is 9.90 Å². The van der Waals surface area contributed by atoms with Gasteiger partial charge in [0.25, 0.3) is 0 Å². The van der Waals surface area contributed by atoms with Crippen molar-refractivity contribution in [2.24, 2.45) is 7.05 Å². The Hall–Kier alpha value is -1.36. The molecular weight excluding hydrogens is 242 g/mol. The molecule has 104 valence electrons. The molecule has 1 aromatic rings. The zero-order valence-electron chi connectivity index (χ0n) is 11.5. The van der Waals surface area contributed by atoms with Crippen LogP contribution in [0.3, 0.4) is 0 Å². The van der Waals surface area contributed by atoms with Crippen molar-refractivity contribution in [2.45, 2.75) is 56.7 Å². The van der Waals surface area contributed by atoms with E-state index in [0.29, 0.717) is 19.3 Å². The summed E-state index contributed by atoms with van der Waals surface area (Å²) >= 11 is 0. The van der Waals surface area contributed by atoms with Crippen molar-refractivity contribution in [1.29, 1.82) is 0 Å². The minimum atomic E-state index is -0.880. The molecule has 2 atom stereocenters. The second-order valence-corrected chi connectivity index (χ2v) is 5.84. The van der Waals surface area contributed by atoms with Crippen LogP contribution in [0.25, 0.3) is 0 Å².